The highest BCUT2D eigenvalue weighted by molar-refractivity contribution is 5.58. The predicted molar refractivity (Wildman–Crippen MR) is 135 cm³/mol. The monoisotopic (exact) mass is 488 g/mol. The first-order chi connectivity index (χ1) is 17.7. The number of rotatable bonds is 8. The van der Waals surface area contributed by atoms with Crippen molar-refractivity contribution in [2.75, 3.05) is 45.3 Å². The third-order valence-corrected chi connectivity index (χ3v) is 6.59. The molecule has 0 N–H and O–H groups in total. The van der Waals surface area contributed by atoms with Crippen molar-refractivity contribution in [3.8, 4) is 11.5 Å². The normalized spacial score (nSPS) is 15.0. The van der Waals surface area contributed by atoms with Gasteiger partial charge in [0.15, 0.2) is 5.82 Å². The number of nitrogens with zero attached hydrogens (tertiary/aromatic N) is 6. The van der Waals surface area contributed by atoms with Gasteiger partial charge in [-0.1, -0.05) is 36.4 Å². The largest absolute Gasteiger partial charge is 0.497 e. The van der Waals surface area contributed by atoms with Crippen LogP contribution in [0.25, 0.3) is 0 Å². The van der Waals surface area contributed by atoms with E-state index in [1.54, 1.807) is 31.0 Å². The number of hydrogen-bond acceptors (Lipinski definition) is 7. The van der Waals surface area contributed by atoms with Crippen molar-refractivity contribution in [1.82, 2.24) is 25.1 Å². The first-order valence-corrected chi connectivity index (χ1v) is 11.9. The molecule has 3 aromatic carbocycles. The lowest BCUT2D eigenvalue weighted by Gasteiger charge is -2.40. The molecule has 0 spiro atoms. The molecule has 0 unspecified atom stereocenters. The van der Waals surface area contributed by atoms with Crippen molar-refractivity contribution < 1.29 is 13.9 Å². The van der Waals surface area contributed by atoms with Crippen LogP contribution in [-0.4, -0.2) is 65.5 Å². The third kappa shape index (κ3) is 5.01. The molecule has 1 fully saturated rings. The van der Waals surface area contributed by atoms with Crippen molar-refractivity contribution in [2.24, 2.45) is 0 Å². The Labute approximate surface area is 209 Å². The summed E-state index contributed by atoms with van der Waals surface area (Å²) >= 11 is 0. The Morgan fingerprint density at radius 1 is 0.861 bits per heavy atom. The Bertz CT molecular complexity index is 1270. The second kappa shape index (κ2) is 10.7. The molecule has 4 aromatic rings. The molecule has 2 heterocycles. The number of aromatic nitrogens is 4. The molecule has 1 saturated heterocycles. The summed E-state index contributed by atoms with van der Waals surface area (Å²) in [7, 11) is 3.36. The lowest BCUT2D eigenvalue weighted by Crippen LogP contribution is -2.48. The van der Waals surface area contributed by atoms with E-state index < -0.39 is 0 Å². The van der Waals surface area contributed by atoms with Gasteiger partial charge in [-0.25, -0.2) is 9.07 Å². The molecule has 0 radical (unpaired) electrons. The molecule has 1 atom stereocenters. The van der Waals surface area contributed by atoms with Gasteiger partial charge < -0.3 is 14.4 Å². The van der Waals surface area contributed by atoms with Crippen LogP contribution < -0.4 is 14.4 Å². The van der Waals surface area contributed by atoms with E-state index in [-0.39, 0.29) is 11.9 Å². The van der Waals surface area contributed by atoms with Crippen molar-refractivity contribution in [3.63, 3.8) is 0 Å². The summed E-state index contributed by atoms with van der Waals surface area (Å²) in [6.45, 7) is 3.77. The fourth-order valence-electron chi connectivity index (χ4n) is 4.70. The lowest BCUT2D eigenvalue weighted by molar-refractivity contribution is 0.201. The number of piperazine rings is 1. The maximum atomic E-state index is 13.4. The lowest BCUT2D eigenvalue weighted by atomic mass is 10.0. The van der Waals surface area contributed by atoms with Gasteiger partial charge in [-0.3, -0.25) is 4.90 Å². The summed E-state index contributed by atoms with van der Waals surface area (Å²) in [6, 6.07) is 22.4. The molecule has 1 aliphatic rings. The number of methoxy groups -OCH3 is 2. The number of hydrogen-bond donors (Lipinski definition) is 0. The minimum absolute atomic E-state index is 0.147. The van der Waals surface area contributed by atoms with Gasteiger partial charge in [0.2, 0.25) is 0 Å². The quantitative estimate of drug-likeness (QED) is 0.374. The van der Waals surface area contributed by atoms with Crippen LogP contribution in [0.1, 0.15) is 23.0 Å². The highest BCUT2D eigenvalue weighted by Crippen LogP contribution is 2.33. The van der Waals surface area contributed by atoms with Crippen molar-refractivity contribution in [2.45, 2.75) is 12.6 Å². The topological polar surface area (TPSA) is 68.5 Å². The van der Waals surface area contributed by atoms with Crippen LogP contribution >= 0.6 is 0 Å². The summed E-state index contributed by atoms with van der Waals surface area (Å²) < 4.78 is 26.2. The average Bonchev–Trinajstić information content (AvgIpc) is 3.38. The molecule has 0 aliphatic carbocycles. The number of ether oxygens (including phenoxy) is 2. The van der Waals surface area contributed by atoms with Crippen LogP contribution in [0, 0.1) is 5.82 Å². The molecule has 0 bridgehead atoms. The van der Waals surface area contributed by atoms with Gasteiger partial charge in [0.1, 0.15) is 17.3 Å². The van der Waals surface area contributed by atoms with Crippen LogP contribution in [0.2, 0.25) is 0 Å². The molecular weight excluding hydrogens is 459 g/mol. The first kappa shape index (κ1) is 23.7. The number of tetrazole rings is 1. The van der Waals surface area contributed by atoms with Crippen LogP contribution in [0.15, 0.2) is 72.8 Å². The van der Waals surface area contributed by atoms with E-state index in [4.69, 9.17) is 9.47 Å². The van der Waals surface area contributed by atoms with Crippen LogP contribution in [0.4, 0.5) is 10.1 Å². The molecule has 36 heavy (non-hydrogen) atoms. The van der Waals surface area contributed by atoms with Gasteiger partial charge >= 0.3 is 0 Å². The zero-order valence-corrected chi connectivity index (χ0v) is 20.4. The standard InChI is InChI=1S/C27H29FN6O2/c1-35-23-13-9-21(10-14-23)26(27-29-30-31-34(27)19-20-7-11-22(28)12-8-20)33-17-15-32(16-18-33)24-5-3-4-6-25(24)36-2/h3-14,26H,15-19H2,1-2H3/t26-/m1/s1. The second-order valence-corrected chi connectivity index (χ2v) is 8.69. The van der Waals surface area contributed by atoms with E-state index in [2.05, 4.69) is 43.5 Å². The fraction of sp³-hybridized carbons (Fsp3) is 0.296. The Balaban J connectivity index is 1.43. The van der Waals surface area contributed by atoms with Gasteiger partial charge in [0.05, 0.1) is 32.5 Å². The van der Waals surface area contributed by atoms with Gasteiger partial charge in [0.25, 0.3) is 0 Å². The van der Waals surface area contributed by atoms with E-state index in [1.165, 1.54) is 12.1 Å². The van der Waals surface area contributed by atoms with Gasteiger partial charge in [-0.05, 0) is 58.0 Å². The molecule has 8 nitrogen and oxygen atoms in total. The maximum absolute atomic E-state index is 13.4. The first-order valence-electron chi connectivity index (χ1n) is 11.9. The smallest absolute Gasteiger partial charge is 0.173 e. The molecule has 5 rings (SSSR count). The fourth-order valence-corrected chi connectivity index (χ4v) is 4.70. The summed E-state index contributed by atoms with van der Waals surface area (Å²) in [4.78, 5) is 4.75. The minimum Gasteiger partial charge on any atom is -0.497 e. The second-order valence-electron chi connectivity index (χ2n) is 8.69. The summed E-state index contributed by atoms with van der Waals surface area (Å²) in [5, 5.41) is 12.7. The van der Waals surface area contributed by atoms with Gasteiger partial charge in [0, 0.05) is 26.2 Å². The van der Waals surface area contributed by atoms with E-state index >= 15 is 0 Å². The highest BCUT2D eigenvalue weighted by Gasteiger charge is 2.31. The summed E-state index contributed by atoms with van der Waals surface area (Å²) in [6.07, 6.45) is 0. The molecular formula is C27H29FN6O2. The number of halogens is 1. The van der Waals surface area contributed by atoms with Crippen LogP contribution in [-0.2, 0) is 6.54 Å². The number of para-hydroxylation sites is 2. The zero-order chi connectivity index (χ0) is 24.9. The van der Waals surface area contributed by atoms with E-state index in [9.17, 15) is 4.39 Å². The maximum Gasteiger partial charge on any atom is 0.173 e. The van der Waals surface area contributed by atoms with Gasteiger partial charge in [-0.2, -0.15) is 0 Å². The Morgan fingerprint density at radius 2 is 1.58 bits per heavy atom. The molecule has 0 saturated carbocycles. The molecule has 9 heteroatoms. The highest BCUT2D eigenvalue weighted by atomic mass is 19.1. The van der Waals surface area contributed by atoms with Gasteiger partial charge in [-0.15, -0.1) is 5.10 Å². The van der Waals surface area contributed by atoms with E-state index in [0.29, 0.717) is 6.54 Å². The summed E-state index contributed by atoms with van der Waals surface area (Å²) in [5.41, 5.74) is 3.11. The summed E-state index contributed by atoms with van der Waals surface area (Å²) in [5.74, 6) is 2.15. The van der Waals surface area contributed by atoms with Crippen molar-refractivity contribution in [3.05, 3.63) is 95.6 Å². The van der Waals surface area contributed by atoms with E-state index in [1.807, 2.05) is 30.3 Å². The SMILES string of the molecule is COc1ccc([C@H](c2nnnn2Cc2ccc(F)cc2)N2CCN(c3ccccc3OC)CC2)cc1. The predicted octanol–water partition coefficient (Wildman–Crippen LogP) is 3.79. The molecule has 186 valence electrons. The third-order valence-electron chi connectivity index (χ3n) is 6.59. The molecule has 1 aromatic heterocycles. The minimum atomic E-state index is -0.264. The Morgan fingerprint density at radius 3 is 2.28 bits per heavy atom. The van der Waals surface area contributed by atoms with Crippen molar-refractivity contribution >= 4 is 5.69 Å². The molecule has 0 amide bonds. The Kier molecular flexibility index (Phi) is 7.08. The Hall–Kier alpha value is -3.98. The van der Waals surface area contributed by atoms with E-state index in [0.717, 1.165) is 60.3 Å². The zero-order valence-electron chi connectivity index (χ0n) is 20.4. The van der Waals surface area contributed by atoms with Crippen LogP contribution in [0.5, 0.6) is 11.5 Å². The number of benzene rings is 3. The average molecular weight is 489 g/mol. The number of anilines is 1. The van der Waals surface area contributed by atoms with Crippen molar-refractivity contribution in [1.29, 1.82) is 0 Å². The van der Waals surface area contributed by atoms with Crippen LogP contribution in [0.3, 0.4) is 0 Å². The molecule has 1 aliphatic heterocycles.